The number of para-hydroxylation sites is 1. The quantitative estimate of drug-likeness (QED) is 0.811. The van der Waals surface area contributed by atoms with Crippen molar-refractivity contribution in [2.24, 2.45) is 5.41 Å². The van der Waals surface area contributed by atoms with E-state index < -0.39 is 23.3 Å². The summed E-state index contributed by atoms with van der Waals surface area (Å²) in [7, 11) is 1.47. The Balaban J connectivity index is 2.00. The molecule has 0 aliphatic carbocycles. The van der Waals surface area contributed by atoms with E-state index in [-0.39, 0.29) is 5.91 Å². The van der Waals surface area contributed by atoms with E-state index in [0.717, 1.165) is 6.42 Å². The third-order valence-electron chi connectivity index (χ3n) is 4.11. The highest BCUT2D eigenvalue weighted by Gasteiger charge is 2.38. The van der Waals surface area contributed by atoms with Crippen LogP contribution < -0.4 is 15.6 Å². The van der Waals surface area contributed by atoms with Crippen molar-refractivity contribution in [3.8, 4) is 5.75 Å². The van der Waals surface area contributed by atoms with Crippen LogP contribution in [-0.2, 0) is 9.59 Å². The smallest absolute Gasteiger partial charge is 0.273 e. The minimum absolute atomic E-state index is 0.0683. The van der Waals surface area contributed by atoms with Crippen molar-refractivity contribution in [2.75, 3.05) is 13.7 Å². The van der Waals surface area contributed by atoms with Crippen molar-refractivity contribution in [1.82, 2.24) is 15.8 Å². The fourth-order valence-corrected chi connectivity index (χ4v) is 2.81. The molecule has 0 radical (unpaired) electrons. The Morgan fingerprint density at radius 3 is 2.48 bits per heavy atom. The van der Waals surface area contributed by atoms with Crippen molar-refractivity contribution in [1.29, 1.82) is 0 Å². The molecule has 7 heteroatoms. The molecule has 1 aliphatic rings. The van der Waals surface area contributed by atoms with Gasteiger partial charge in [0.2, 0.25) is 5.91 Å². The van der Waals surface area contributed by atoms with Gasteiger partial charge in [-0.05, 0) is 25.0 Å². The maximum atomic E-state index is 12.5. The third kappa shape index (κ3) is 4.29. The van der Waals surface area contributed by atoms with Gasteiger partial charge >= 0.3 is 0 Å². The summed E-state index contributed by atoms with van der Waals surface area (Å²) in [5, 5.41) is 0. The highest BCUT2D eigenvalue weighted by molar-refractivity contribution is 5.98. The largest absolute Gasteiger partial charge is 0.496 e. The lowest BCUT2D eigenvalue weighted by molar-refractivity contribution is -0.144. The number of carbonyl (C=O) groups excluding carboxylic acids is 3. The predicted molar refractivity (Wildman–Crippen MR) is 92.8 cm³/mol. The van der Waals surface area contributed by atoms with Crippen molar-refractivity contribution in [3.05, 3.63) is 29.8 Å². The average Bonchev–Trinajstić information content (AvgIpc) is 3.07. The third-order valence-corrected chi connectivity index (χ3v) is 4.11. The molecule has 1 fully saturated rings. The topological polar surface area (TPSA) is 87.7 Å². The second kappa shape index (κ2) is 7.55. The van der Waals surface area contributed by atoms with Crippen LogP contribution in [0.15, 0.2) is 24.3 Å². The molecular formula is C18H25N3O4. The number of ether oxygens (including phenoxy) is 1. The van der Waals surface area contributed by atoms with Crippen LogP contribution in [0.2, 0.25) is 0 Å². The van der Waals surface area contributed by atoms with Gasteiger partial charge in [0.15, 0.2) is 0 Å². The zero-order valence-electron chi connectivity index (χ0n) is 15.1. The average molecular weight is 347 g/mol. The normalized spacial score (nSPS) is 17.1. The van der Waals surface area contributed by atoms with Gasteiger partial charge in [-0.2, -0.15) is 0 Å². The molecule has 0 unspecified atom stereocenters. The second-order valence-electron chi connectivity index (χ2n) is 7.05. The predicted octanol–water partition coefficient (Wildman–Crippen LogP) is 1.49. The molecule has 0 spiro atoms. The van der Waals surface area contributed by atoms with Crippen LogP contribution in [0.25, 0.3) is 0 Å². The Morgan fingerprint density at radius 1 is 1.16 bits per heavy atom. The second-order valence-corrected chi connectivity index (χ2v) is 7.05. The van der Waals surface area contributed by atoms with E-state index in [2.05, 4.69) is 10.9 Å². The van der Waals surface area contributed by atoms with Gasteiger partial charge in [0, 0.05) is 12.0 Å². The lowest BCUT2D eigenvalue weighted by atomic mass is 9.94. The van der Waals surface area contributed by atoms with Gasteiger partial charge in [-0.15, -0.1) is 0 Å². The Labute approximate surface area is 147 Å². The molecule has 2 rings (SSSR count). The molecule has 0 aromatic heterocycles. The van der Waals surface area contributed by atoms with E-state index in [1.165, 1.54) is 7.11 Å². The van der Waals surface area contributed by atoms with Crippen molar-refractivity contribution < 1.29 is 19.1 Å². The highest BCUT2D eigenvalue weighted by atomic mass is 16.5. The first-order chi connectivity index (χ1) is 11.8. The molecule has 1 aliphatic heterocycles. The Morgan fingerprint density at radius 2 is 1.84 bits per heavy atom. The Bertz CT molecular complexity index is 667. The molecule has 1 aromatic rings. The molecule has 1 heterocycles. The number of rotatable bonds is 3. The van der Waals surface area contributed by atoms with E-state index in [4.69, 9.17) is 4.74 Å². The SMILES string of the molecule is COc1ccccc1C(=O)NNC(=O)[C@H]1CCCN1C(=O)C(C)(C)C. The van der Waals surface area contributed by atoms with Crippen molar-refractivity contribution in [2.45, 2.75) is 39.7 Å². The number of nitrogens with one attached hydrogen (secondary N) is 2. The number of carbonyl (C=O) groups is 3. The summed E-state index contributed by atoms with van der Waals surface area (Å²) in [6.45, 7) is 6.03. The molecule has 136 valence electrons. The first-order valence-electron chi connectivity index (χ1n) is 8.30. The molecule has 2 N–H and O–H groups in total. The molecule has 25 heavy (non-hydrogen) atoms. The van der Waals surface area contributed by atoms with Crippen LogP contribution in [-0.4, -0.2) is 42.3 Å². The summed E-state index contributed by atoms with van der Waals surface area (Å²) in [4.78, 5) is 38.7. The van der Waals surface area contributed by atoms with E-state index in [1.807, 2.05) is 20.8 Å². The van der Waals surface area contributed by atoms with Crippen LogP contribution in [0.5, 0.6) is 5.75 Å². The summed E-state index contributed by atoms with van der Waals surface area (Å²) < 4.78 is 5.13. The highest BCUT2D eigenvalue weighted by Crippen LogP contribution is 2.25. The zero-order valence-corrected chi connectivity index (χ0v) is 15.1. The van der Waals surface area contributed by atoms with Crippen LogP contribution in [0.1, 0.15) is 44.0 Å². The van der Waals surface area contributed by atoms with E-state index in [9.17, 15) is 14.4 Å². The van der Waals surface area contributed by atoms with Gasteiger partial charge in [0.05, 0.1) is 12.7 Å². The van der Waals surface area contributed by atoms with Gasteiger partial charge in [-0.25, -0.2) is 0 Å². The number of likely N-dealkylation sites (tertiary alicyclic amines) is 1. The molecule has 0 bridgehead atoms. The van der Waals surface area contributed by atoms with Gasteiger partial charge < -0.3 is 9.64 Å². The number of benzene rings is 1. The standard InChI is InChI=1S/C18H25N3O4/c1-18(2,3)17(24)21-11-7-9-13(21)16(23)20-19-15(22)12-8-5-6-10-14(12)25-4/h5-6,8,10,13H,7,9,11H2,1-4H3,(H,19,22)(H,20,23)/t13-/m1/s1. The maximum Gasteiger partial charge on any atom is 0.273 e. The first-order valence-corrected chi connectivity index (χ1v) is 8.30. The lowest BCUT2D eigenvalue weighted by Gasteiger charge is -2.30. The zero-order chi connectivity index (χ0) is 18.6. The van der Waals surface area contributed by atoms with E-state index >= 15 is 0 Å². The van der Waals surface area contributed by atoms with E-state index in [0.29, 0.717) is 24.3 Å². The number of hydrogen-bond donors (Lipinski definition) is 2. The summed E-state index contributed by atoms with van der Waals surface area (Å²) in [6, 6.07) is 6.16. The van der Waals surface area contributed by atoms with Gasteiger partial charge in [-0.3, -0.25) is 25.2 Å². The fourth-order valence-electron chi connectivity index (χ4n) is 2.81. The number of methoxy groups -OCH3 is 1. The summed E-state index contributed by atoms with van der Waals surface area (Å²) >= 11 is 0. The van der Waals surface area contributed by atoms with Gasteiger partial charge in [-0.1, -0.05) is 32.9 Å². The summed E-state index contributed by atoms with van der Waals surface area (Å²) in [6.07, 6.45) is 1.35. The molecule has 7 nitrogen and oxygen atoms in total. The van der Waals surface area contributed by atoms with Crippen molar-refractivity contribution in [3.63, 3.8) is 0 Å². The van der Waals surface area contributed by atoms with Crippen LogP contribution in [0, 0.1) is 5.41 Å². The first kappa shape index (κ1) is 18.8. The van der Waals surface area contributed by atoms with Crippen molar-refractivity contribution >= 4 is 17.7 Å². The van der Waals surface area contributed by atoms with Gasteiger partial charge in [0.25, 0.3) is 11.8 Å². The molecular weight excluding hydrogens is 322 g/mol. The molecule has 0 saturated carbocycles. The monoisotopic (exact) mass is 347 g/mol. The Kier molecular flexibility index (Phi) is 5.66. The molecule has 1 aromatic carbocycles. The fraction of sp³-hybridized carbons (Fsp3) is 0.500. The maximum absolute atomic E-state index is 12.5. The van der Waals surface area contributed by atoms with Gasteiger partial charge in [0.1, 0.15) is 11.8 Å². The molecule has 1 saturated heterocycles. The number of nitrogens with zero attached hydrogens (tertiary/aromatic N) is 1. The minimum Gasteiger partial charge on any atom is -0.496 e. The summed E-state index contributed by atoms with van der Waals surface area (Å²) in [5.74, 6) is -0.517. The number of hydrazine groups is 1. The lowest BCUT2D eigenvalue weighted by Crippen LogP contribution is -2.53. The number of amides is 3. The Hall–Kier alpha value is -2.57. The molecule has 3 amide bonds. The van der Waals surface area contributed by atoms with E-state index in [1.54, 1.807) is 29.2 Å². The van der Waals surface area contributed by atoms with Crippen LogP contribution in [0.3, 0.4) is 0 Å². The van der Waals surface area contributed by atoms with Crippen LogP contribution in [0.4, 0.5) is 0 Å². The number of hydrogen-bond acceptors (Lipinski definition) is 4. The summed E-state index contributed by atoms with van der Waals surface area (Å²) in [5.41, 5.74) is 4.58. The van der Waals surface area contributed by atoms with Crippen LogP contribution >= 0.6 is 0 Å². The minimum atomic E-state index is -0.565. The molecule has 1 atom stereocenters.